The molecule has 20 heavy (non-hydrogen) atoms. The molecule has 0 spiro atoms. The van der Waals surface area contributed by atoms with Crippen LogP contribution >= 0.6 is 0 Å². The molecule has 7 nitrogen and oxygen atoms in total. The maximum absolute atomic E-state index is 12.1. The minimum Gasteiger partial charge on any atom is -0.481 e. The number of carboxylic acid groups (broad SMARTS) is 1. The number of hydrogen-bond acceptors (Lipinski definition) is 5. The van der Waals surface area contributed by atoms with Crippen molar-refractivity contribution in [2.45, 2.75) is 38.8 Å². The Morgan fingerprint density at radius 1 is 1.65 bits per heavy atom. The first-order valence-electron chi connectivity index (χ1n) is 6.46. The molecule has 0 aliphatic heterocycles. The van der Waals surface area contributed by atoms with E-state index in [9.17, 15) is 14.7 Å². The number of carbonyl (C=O) groups excluding carboxylic acids is 1. The van der Waals surface area contributed by atoms with Crippen LogP contribution in [0, 0.1) is 5.41 Å². The van der Waals surface area contributed by atoms with Crippen LogP contribution in [0.4, 0.5) is 0 Å². The highest BCUT2D eigenvalue weighted by molar-refractivity contribution is 5.93. The zero-order valence-electron chi connectivity index (χ0n) is 11.5. The minimum atomic E-state index is -0.922. The highest BCUT2D eigenvalue weighted by Gasteiger charge is 2.46. The van der Waals surface area contributed by atoms with Crippen LogP contribution in [0.2, 0.25) is 0 Å². The molecule has 0 aromatic carbocycles. The number of carboxylic acids is 1. The van der Waals surface area contributed by atoms with Crippen LogP contribution in [0.3, 0.4) is 0 Å². The second kappa shape index (κ2) is 5.62. The van der Waals surface area contributed by atoms with Gasteiger partial charge in [-0.15, -0.1) is 0 Å². The molecule has 1 saturated carbocycles. The highest BCUT2D eigenvalue weighted by Crippen LogP contribution is 2.38. The summed E-state index contributed by atoms with van der Waals surface area (Å²) >= 11 is 0. The van der Waals surface area contributed by atoms with Gasteiger partial charge in [-0.05, 0) is 19.8 Å². The van der Waals surface area contributed by atoms with Crippen molar-refractivity contribution in [3.05, 3.63) is 17.5 Å². The van der Waals surface area contributed by atoms with Gasteiger partial charge in [0.2, 0.25) is 0 Å². The van der Waals surface area contributed by atoms with Gasteiger partial charge in [-0.1, -0.05) is 11.6 Å². The van der Waals surface area contributed by atoms with E-state index in [1.165, 1.54) is 13.2 Å². The third-order valence-electron chi connectivity index (χ3n) is 3.83. The van der Waals surface area contributed by atoms with Gasteiger partial charge < -0.3 is 19.7 Å². The summed E-state index contributed by atoms with van der Waals surface area (Å²) in [6.45, 7) is 1.89. The average molecular weight is 282 g/mol. The number of hydrogen-bond donors (Lipinski definition) is 2. The number of ether oxygens (including phenoxy) is 1. The average Bonchev–Trinajstić information content (AvgIpc) is 2.99. The van der Waals surface area contributed by atoms with Crippen molar-refractivity contribution in [1.29, 1.82) is 0 Å². The molecule has 2 N–H and O–H groups in total. The van der Waals surface area contributed by atoms with Crippen LogP contribution in [0.5, 0.6) is 0 Å². The van der Waals surface area contributed by atoms with Gasteiger partial charge in [0, 0.05) is 19.2 Å². The van der Waals surface area contributed by atoms with Crippen molar-refractivity contribution in [3.63, 3.8) is 0 Å². The summed E-state index contributed by atoms with van der Waals surface area (Å²) < 4.78 is 9.81. The first-order valence-corrected chi connectivity index (χ1v) is 6.46. The van der Waals surface area contributed by atoms with E-state index in [1.54, 1.807) is 6.92 Å². The number of nitrogens with one attached hydrogen (secondary N) is 1. The second-order valence-corrected chi connectivity index (χ2v) is 5.25. The number of methoxy groups -OCH3 is 1. The number of nitrogens with zero attached hydrogens (tertiary/aromatic N) is 1. The fourth-order valence-corrected chi connectivity index (χ4v) is 2.52. The van der Waals surface area contributed by atoms with Gasteiger partial charge in [0.1, 0.15) is 6.61 Å². The van der Waals surface area contributed by atoms with E-state index in [2.05, 4.69) is 10.5 Å². The number of aliphatic carboxylic acids is 1. The van der Waals surface area contributed by atoms with E-state index >= 15 is 0 Å². The van der Waals surface area contributed by atoms with Crippen molar-refractivity contribution in [1.82, 2.24) is 10.5 Å². The molecule has 0 bridgehead atoms. The Morgan fingerprint density at radius 2 is 2.40 bits per heavy atom. The lowest BCUT2D eigenvalue weighted by molar-refractivity contribution is -0.148. The molecule has 2 unspecified atom stereocenters. The predicted molar refractivity (Wildman–Crippen MR) is 68.1 cm³/mol. The van der Waals surface area contributed by atoms with Crippen LogP contribution in [-0.2, 0) is 16.1 Å². The molecule has 0 saturated heterocycles. The number of rotatable bonds is 5. The second-order valence-electron chi connectivity index (χ2n) is 5.25. The molecular weight excluding hydrogens is 264 g/mol. The van der Waals surface area contributed by atoms with Crippen molar-refractivity contribution < 1.29 is 24.0 Å². The lowest BCUT2D eigenvalue weighted by Crippen LogP contribution is -2.47. The Kier molecular flexibility index (Phi) is 4.08. The summed E-state index contributed by atoms with van der Waals surface area (Å²) in [5, 5.41) is 15.7. The van der Waals surface area contributed by atoms with E-state index in [-0.39, 0.29) is 12.3 Å². The van der Waals surface area contributed by atoms with Crippen molar-refractivity contribution in [3.8, 4) is 0 Å². The largest absolute Gasteiger partial charge is 0.481 e. The lowest BCUT2D eigenvalue weighted by atomic mass is 9.85. The van der Waals surface area contributed by atoms with Crippen molar-refractivity contribution >= 4 is 11.9 Å². The monoisotopic (exact) mass is 282 g/mol. The Bertz CT molecular complexity index is 513. The molecule has 1 aliphatic carbocycles. The number of amides is 1. The van der Waals surface area contributed by atoms with Crippen molar-refractivity contribution in [2.24, 2.45) is 5.41 Å². The van der Waals surface area contributed by atoms with Crippen molar-refractivity contribution in [2.75, 3.05) is 7.11 Å². The van der Waals surface area contributed by atoms with Gasteiger partial charge in [-0.2, -0.15) is 0 Å². The van der Waals surface area contributed by atoms with Gasteiger partial charge in [0.15, 0.2) is 11.5 Å². The third-order valence-corrected chi connectivity index (χ3v) is 3.83. The van der Waals surface area contributed by atoms with E-state index in [0.717, 1.165) is 6.42 Å². The summed E-state index contributed by atoms with van der Waals surface area (Å²) in [7, 11) is 1.51. The van der Waals surface area contributed by atoms with Gasteiger partial charge in [0.05, 0.1) is 5.41 Å². The summed E-state index contributed by atoms with van der Waals surface area (Å²) in [6, 6.07) is 1.10. The molecule has 2 rings (SSSR count). The van der Waals surface area contributed by atoms with Crippen LogP contribution in [-0.4, -0.2) is 35.3 Å². The zero-order chi connectivity index (χ0) is 14.8. The maximum Gasteiger partial charge on any atom is 0.311 e. The Morgan fingerprint density at radius 3 is 3.05 bits per heavy atom. The topological polar surface area (TPSA) is 102 Å². The van der Waals surface area contributed by atoms with Gasteiger partial charge in [-0.25, -0.2) is 0 Å². The van der Waals surface area contributed by atoms with Crippen LogP contribution < -0.4 is 5.32 Å². The lowest BCUT2D eigenvalue weighted by Gasteiger charge is -2.27. The Hall–Kier alpha value is -1.89. The van der Waals surface area contributed by atoms with Gasteiger partial charge >= 0.3 is 5.97 Å². The molecular formula is C13H18N2O5. The summed E-state index contributed by atoms with van der Waals surface area (Å²) in [5.41, 5.74) is -0.786. The molecule has 1 heterocycles. The quantitative estimate of drug-likeness (QED) is 0.841. The molecule has 0 radical (unpaired) electrons. The summed E-state index contributed by atoms with van der Waals surface area (Å²) in [4.78, 5) is 23.4. The maximum atomic E-state index is 12.1. The molecule has 2 atom stereocenters. The number of carbonyl (C=O) groups is 2. The smallest absolute Gasteiger partial charge is 0.311 e. The SMILES string of the molecule is COCc1cc(C(=O)NC2CCCC2(C)C(=O)O)no1. The van der Waals surface area contributed by atoms with E-state index in [4.69, 9.17) is 9.26 Å². The molecule has 1 aliphatic rings. The first kappa shape index (κ1) is 14.5. The van der Waals surface area contributed by atoms with E-state index in [1.807, 2.05) is 0 Å². The Balaban J connectivity index is 2.05. The van der Waals surface area contributed by atoms with Crippen LogP contribution in [0.1, 0.15) is 42.4 Å². The molecule has 110 valence electrons. The molecule has 1 amide bonds. The van der Waals surface area contributed by atoms with E-state index in [0.29, 0.717) is 18.6 Å². The number of aromatic nitrogens is 1. The Labute approximate surface area is 116 Å². The summed E-state index contributed by atoms with van der Waals surface area (Å²) in [5.74, 6) is -0.860. The molecule has 1 aromatic heterocycles. The molecule has 1 fully saturated rings. The molecule has 7 heteroatoms. The minimum absolute atomic E-state index is 0.136. The van der Waals surface area contributed by atoms with Crippen LogP contribution in [0.15, 0.2) is 10.6 Å². The van der Waals surface area contributed by atoms with E-state index < -0.39 is 23.3 Å². The van der Waals surface area contributed by atoms with Crippen LogP contribution in [0.25, 0.3) is 0 Å². The predicted octanol–water partition coefficient (Wildman–Crippen LogP) is 1.19. The summed E-state index contributed by atoms with van der Waals surface area (Å²) in [6.07, 6.45) is 1.99. The fourth-order valence-electron chi connectivity index (χ4n) is 2.52. The standard InChI is InChI=1S/C13H18N2O5/c1-13(12(17)18)5-3-4-10(13)14-11(16)9-6-8(7-19-2)20-15-9/h6,10H,3-5,7H2,1-2H3,(H,14,16)(H,17,18). The zero-order valence-corrected chi connectivity index (χ0v) is 11.5. The highest BCUT2D eigenvalue weighted by atomic mass is 16.5. The first-order chi connectivity index (χ1) is 9.47. The van der Waals surface area contributed by atoms with Gasteiger partial charge in [-0.3, -0.25) is 9.59 Å². The molecule has 1 aromatic rings. The normalized spacial score (nSPS) is 25.6. The van der Waals surface area contributed by atoms with Gasteiger partial charge in [0.25, 0.3) is 5.91 Å². The third kappa shape index (κ3) is 2.67. The fraction of sp³-hybridized carbons (Fsp3) is 0.615.